The number of carbonyl (C=O) groups is 1. The lowest BCUT2D eigenvalue weighted by Crippen LogP contribution is -2.05. The third-order valence-corrected chi connectivity index (χ3v) is 4.29. The number of aromatic nitrogens is 2. The van der Waals surface area contributed by atoms with E-state index in [4.69, 9.17) is 13.6 Å². The van der Waals surface area contributed by atoms with Gasteiger partial charge in [0.05, 0.1) is 11.1 Å². The molecule has 140 valence electrons. The second-order valence-electron chi connectivity index (χ2n) is 6.35. The number of carbonyl (C=O) groups excluding carboxylic acids is 1. The molecule has 6 nitrogen and oxygen atoms in total. The van der Waals surface area contributed by atoms with Crippen LogP contribution in [0, 0.1) is 13.8 Å². The summed E-state index contributed by atoms with van der Waals surface area (Å²) in [6.07, 6.45) is 0. The van der Waals surface area contributed by atoms with Gasteiger partial charge in [0, 0.05) is 0 Å². The summed E-state index contributed by atoms with van der Waals surface area (Å²) in [6, 6.07) is 19.0. The molecule has 0 amide bonds. The molecule has 2 aromatic carbocycles. The maximum absolute atomic E-state index is 12.3. The number of nitrogens with zero attached hydrogens (tertiary/aromatic N) is 2. The standard InChI is InChI=1S/C22H18N2O4/c1-14-12-19(15(2)27-14)21-24-23-20(28-21)13-26-22(25)18-10-8-17(9-11-18)16-6-4-3-5-7-16/h3-12H,13H2,1-2H3. The first kappa shape index (κ1) is 17.7. The van der Waals surface area contributed by atoms with Gasteiger partial charge in [0.15, 0.2) is 6.61 Å². The molecule has 0 radical (unpaired) electrons. The zero-order valence-electron chi connectivity index (χ0n) is 15.5. The highest BCUT2D eigenvalue weighted by Gasteiger charge is 2.16. The van der Waals surface area contributed by atoms with E-state index in [1.165, 1.54) is 0 Å². The monoisotopic (exact) mass is 374 g/mol. The van der Waals surface area contributed by atoms with Gasteiger partial charge >= 0.3 is 5.97 Å². The number of rotatable bonds is 5. The molecule has 4 rings (SSSR count). The Balaban J connectivity index is 1.40. The molecule has 2 aromatic heterocycles. The minimum Gasteiger partial charge on any atom is -0.466 e. The van der Waals surface area contributed by atoms with Crippen molar-refractivity contribution in [2.75, 3.05) is 0 Å². The van der Waals surface area contributed by atoms with Gasteiger partial charge in [0.1, 0.15) is 11.5 Å². The molecule has 0 atom stereocenters. The molecule has 0 fully saturated rings. The van der Waals surface area contributed by atoms with Crippen molar-refractivity contribution in [1.29, 1.82) is 0 Å². The summed E-state index contributed by atoms with van der Waals surface area (Å²) in [5.74, 6) is 1.57. The highest BCUT2D eigenvalue weighted by Crippen LogP contribution is 2.25. The van der Waals surface area contributed by atoms with Crippen LogP contribution in [0.1, 0.15) is 27.8 Å². The van der Waals surface area contributed by atoms with Crippen molar-refractivity contribution in [3.8, 4) is 22.6 Å². The van der Waals surface area contributed by atoms with Crippen LogP contribution in [0.25, 0.3) is 22.6 Å². The Bertz CT molecular complexity index is 1100. The Kier molecular flexibility index (Phi) is 4.76. The molecular formula is C22H18N2O4. The Morgan fingerprint density at radius 2 is 1.64 bits per heavy atom. The van der Waals surface area contributed by atoms with E-state index in [9.17, 15) is 4.79 Å². The van der Waals surface area contributed by atoms with E-state index in [1.54, 1.807) is 12.1 Å². The maximum atomic E-state index is 12.3. The third-order valence-electron chi connectivity index (χ3n) is 4.29. The van der Waals surface area contributed by atoms with Gasteiger partial charge in [-0.1, -0.05) is 42.5 Å². The number of furan rings is 1. The molecule has 0 bridgehead atoms. The van der Waals surface area contributed by atoms with E-state index in [0.717, 1.165) is 22.5 Å². The molecule has 0 aliphatic carbocycles. The molecule has 0 aliphatic heterocycles. The largest absolute Gasteiger partial charge is 0.466 e. The highest BCUT2D eigenvalue weighted by atomic mass is 16.5. The molecular weight excluding hydrogens is 356 g/mol. The second kappa shape index (κ2) is 7.52. The lowest BCUT2D eigenvalue weighted by atomic mass is 10.0. The molecule has 2 heterocycles. The predicted octanol–water partition coefficient (Wildman–Crippen LogP) is 4.97. The number of aryl methyl sites for hydroxylation is 2. The first-order valence-electron chi connectivity index (χ1n) is 8.82. The van der Waals surface area contributed by atoms with E-state index >= 15 is 0 Å². The van der Waals surface area contributed by atoms with Gasteiger partial charge in [-0.3, -0.25) is 0 Å². The smallest absolute Gasteiger partial charge is 0.338 e. The number of esters is 1. The van der Waals surface area contributed by atoms with Crippen molar-refractivity contribution >= 4 is 5.97 Å². The Hall–Kier alpha value is -3.67. The maximum Gasteiger partial charge on any atom is 0.338 e. The summed E-state index contributed by atoms with van der Waals surface area (Å²) in [7, 11) is 0. The van der Waals surface area contributed by atoms with Gasteiger partial charge in [0.2, 0.25) is 0 Å². The van der Waals surface area contributed by atoms with E-state index in [-0.39, 0.29) is 12.5 Å². The van der Waals surface area contributed by atoms with E-state index in [2.05, 4.69) is 10.2 Å². The predicted molar refractivity (Wildman–Crippen MR) is 102 cm³/mol. The Labute approximate surface area is 161 Å². The van der Waals surface area contributed by atoms with Crippen molar-refractivity contribution in [1.82, 2.24) is 10.2 Å². The van der Waals surface area contributed by atoms with Crippen LogP contribution in [0.2, 0.25) is 0 Å². The molecule has 28 heavy (non-hydrogen) atoms. The van der Waals surface area contributed by atoms with Gasteiger partial charge in [-0.25, -0.2) is 4.79 Å². The van der Waals surface area contributed by atoms with Gasteiger partial charge < -0.3 is 13.6 Å². The van der Waals surface area contributed by atoms with E-state index in [1.807, 2.05) is 62.4 Å². The minimum absolute atomic E-state index is 0.0951. The van der Waals surface area contributed by atoms with Crippen molar-refractivity contribution in [2.24, 2.45) is 0 Å². The van der Waals surface area contributed by atoms with E-state index < -0.39 is 5.97 Å². The zero-order valence-corrected chi connectivity index (χ0v) is 15.5. The Morgan fingerprint density at radius 3 is 2.32 bits per heavy atom. The lowest BCUT2D eigenvalue weighted by Gasteiger charge is -2.04. The van der Waals surface area contributed by atoms with Crippen LogP contribution in [0.3, 0.4) is 0 Å². The van der Waals surface area contributed by atoms with Gasteiger partial charge in [0.25, 0.3) is 11.8 Å². The first-order chi connectivity index (χ1) is 13.6. The fourth-order valence-electron chi connectivity index (χ4n) is 2.90. The third kappa shape index (κ3) is 3.71. The van der Waals surface area contributed by atoms with Crippen molar-refractivity contribution in [2.45, 2.75) is 20.5 Å². The fraction of sp³-hybridized carbons (Fsp3) is 0.136. The number of benzene rings is 2. The first-order valence-corrected chi connectivity index (χ1v) is 8.82. The highest BCUT2D eigenvalue weighted by molar-refractivity contribution is 5.90. The summed E-state index contributed by atoms with van der Waals surface area (Å²) in [5.41, 5.74) is 3.31. The number of hydrogen-bond donors (Lipinski definition) is 0. The summed E-state index contributed by atoms with van der Waals surface area (Å²) in [4.78, 5) is 12.3. The number of ether oxygens (including phenoxy) is 1. The van der Waals surface area contributed by atoms with Crippen LogP contribution in [0.4, 0.5) is 0 Å². The summed E-state index contributed by atoms with van der Waals surface area (Å²) < 4.78 is 16.3. The van der Waals surface area contributed by atoms with Crippen LogP contribution in [-0.4, -0.2) is 16.2 Å². The molecule has 4 aromatic rings. The summed E-state index contributed by atoms with van der Waals surface area (Å²) >= 11 is 0. The molecule has 0 N–H and O–H groups in total. The van der Waals surface area contributed by atoms with Crippen molar-refractivity contribution in [3.05, 3.63) is 83.6 Å². The van der Waals surface area contributed by atoms with Crippen molar-refractivity contribution < 1.29 is 18.4 Å². The van der Waals surface area contributed by atoms with Crippen LogP contribution < -0.4 is 0 Å². The Morgan fingerprint density at radius 1 is 0.929 bits per heavy atom. The van der Waals surface area contributed by atoms with Gasteiger partial charge in [-0.05, 0) is 43.2 Å². The number of hydrogen-bond acceptors (Lipinski definition) is 6. The minimum atomic E-state index is -0.449. The molecule has 0 saturated carbocycles. The quantitative estimate of drug-likeness (QED) is 0.459. The SMILES string of the molecule is Cc1cc(-c2nnc(COC(=O)c3ccc(-c4ccccc4)cc3)o2)c(C)o1. The molecule has 0 unspecified atom stereocenters. The molecule has 0 spiro atoms. The second-order valence-corrected chi connectivity index (χ2v) is 6.35. The molecule has 0 saturated heterocycles. The fourth-order valence-corrected chi connectivity index (χ4v) is 2.90. The normalized spacial score (nSPS) is 10.8. The zero-order chi connectivity index (χ0) is 19.5. The molecule has 6 heteroatoms. The van der Waals surface area contributed by atoms with Crippen molar-refractivity contribution in [3.63, 3.8) is 0 Å². The van der Waals surface area contributed by atoms with Crippen LogP contribution >= 0.6 is 0 Å². The van der Waals surface area contributed by atoms with E-state index in [0.29, 0.717) is 17.2 Å². The van der Waals surface area contributed by atoms with Crippen LogP contribution in [-0.2, 0) is 11.3 Å². The van der Waals surface area contributed by atoms with Gasteiger partial charge in [-0.2, -0.15) is 0 Å². The average Bonchev–Trinajstić information content (AvgIpc) is 3.32. The van der Waals surface area contributed by atoms with Crippen LogP contribution in [0.15, 0.2) is 69.5 Å². The topological polar surface area (TPSA) is 78.4 Å². The van der Waals surface area contributed by atoms with Crippen LogP contribution in [0.5, 0.6) is 0 Å². The summed E-state index contributed by atoms with van der Waals surface area (Å²) in [6.45, 7) is 3.58. The summed E-state index contributed by atoms with van der Waals surface area (Å²) in [5, 5.41) is 7.92. The lowest BCUT2D eigenvalue weighted by molar-refractivity contribution is 0.0438. The average molecular weight is 374 g/mol. The van der Waals surface area contributed by atoms with Gasteiger partial charge in [-0.15, -0.1) is 10.2 Å². The molecule has 0 aliphatic rings.